The molecule has 3 aliphatic heterocycles. The van der Waals surface area contributed by atoms with Gasteiger partial charge in [0.2, 0.25) is 17.7 Å². The number of piperidine rings is 2. The van der Waals surface area contributed by atoms with Crippen molar-refractivity contribution in [3.63, 3.8) is 0 Å². The number of amides is 5. The minimum absolute atomic E-state index is 0.0789. The van der Waals surface area contributed by atoms with Gasteiger partial charge in [-0.3, -0.25) is 14.4 Å². The number of hydrogen-bond acceptors (Lipinski definition) is 5. The smallest absolute Gasteiger partial charge is 0.318 e. The first-order chi connectivity index (χ1) is 19.0. The highest BCUT2D eigenvalue weighted by molar-refractivity contribution is 5.94. The zero-order valence-corrected chi connectivity index (χ0v) is 24.6. The molecule has 5 amide bonds. The first kappa shape index (κ1) is 29.5. The molecule has 2 saturated carbocycles. The van der Waals surface area contributed by atoms with Gasteiger partial charge in [0.1, 0.15) is 18.1 Å². The van der Waals surface area contributed by atoms with Gasteiger partial charge in [-0.1, -0.05) is 34.6 Å². The lowest BCUT2D eigenvalue weighted by molar-refractivity contribution is -0.144. The molecule has 2 aliphatic carbocycles. The van der Waals surface area contributed by atoms with Crippen molar-refractivity contribution >= 4 is 23.8 Å². The molecule has 0 bridgehead atoms. The molecule has 10 nitrogen and oxygen atoms in total. The third-order valence-corrected chi connectivity index (χ3v) is 10.1. The predicted octanol–water partition coefficient (Wildman–Crippen LogP) is 2.39. The van der Waals surface area contributed by atoms with E-state index in [1.165, 1.54) is 4.90 Å². The first-order valence-electron chi connectivity index (χ1n) is 14.7. The molecule has 12 heteroatoms. The van der Waals surface area contributed by atoms with Gasteiger partial charge in [-0.25, -0.2) is 13.6 Å². The summed E-state index contributed by atoms with van der Waals surface area (Å²) < 4.78 is 28.0. The molecular formula is C29H42F2N6O4. The van der Waals surface area contributed by atoms with E-state index >= 15 is 0 Å². The van der Waals surface area contributed by atoms with Crippen LogP contribution in [0.15, 0.2) is 0 Å². The van der Waals surface area contributed by atoms with E-state index in [2.05, 4.69) is 22.0 Å². The Bertz CT molecular complexity index is 1170. The van der Waals surface area contributed by atoms with E-state index in [0.29, 0.717) is 13.0 Å². The van der Waals surface area contributed by atoms with Crippen LogP contribution in [0.5, 0.6) is 0 Å². The summed E-state index contributed by atoms with van der Waals surface area (Å²) >= 11 is 0. The largest absolute Gasteiger partial charge is 0.350 e. The number of carbonyl (C=O) groups is 4. The molecule has 3 N–H and O–H groups in total. The number of urea groups is 1. The van der Waals surface area contributed by atoms with Gasteiger partial charge in [-0.05, 0) is 54.8 Å². The molecule has 3 saturated heterocycles. The lowest BCUT2D eigenvalue weighted by Gasteiger charge is -2.39. The van der Waals surface area contributed by atoms with Crippen molar-refractivity contribution in [3.8, 4) is 6.07 Å². The van der Waals surface area contributed by atoms with E-state index in [0.717, 1.165) is 17.7 Å². The number of nitriles is 1. The van der Waals surface area contributed by atoms with Crippen molar-refractivity contribution in [3.05, 3.63) is 0 Å². The molecule has 5 fully saturated rings. The number of fused-ring (bicyclic) bond motifs is 1. The van der Waals surface area contributed by atoms with E-state index in [1.54, 1.807) is 20.8 Å². The average molecular weight is 577 g/mol. The number of hydrogen-bond donors (Lipinski definition) is 3. The number of halogens is 2. The van der Waals surface area contributed by atoms with E-state index in [-0.39, 0.29) is 60.4 Å². The molecular weight excluding hydrogens is 534 g/mol. The van der Waals surface area contributed by atoms with Gasteiger partial charge in [-0.2, -0.15) is 5.26 Å². The van der Waals surface area contributed by atoms with Crippen molar-refractivity contribution in [2.24, 2.45) is 28.6 Å². The van der Waals surface area contributed by atoms with Gasteiger partial charge >= 0.3 is 6.03 Å². The van der Waals surface area contributed by atoms with E-state index in [9.17, 15) is 33.2 Å². The topological polar surface area (TPSA) is 135 Å². The second kappa shape index (κ2) is 9.80. The van der Waals surface area contributed by atoms with Gasteiger partial charge in [0, 0.05) is 31.0 Å². The van der Waals surface area contributed by atoms with Crippen molar-refractivity contribution in [2.75, 3.05) is 19.6 Å². The lowest BCUT2D eigenvalue weighted by atomic mass is 9.85. The molecule has 5 aliphatic rings. The van der Waals surface area contributed by atoms with E-state index < -0.39 is 53.9 Å². The monoisotopic (exact) mass is 576 g/mol. The van der Waals surface area contributed by atoms with Crippen LogP contribution in [0.4, 0.5) is 13.6 Å². The van der Waals surface area contributed by atoms with Crippen LogP contribution in [-0.2, 0) is 14.4 Å². The van der Waals surface area contributed by atoms with Crippen LogP contribution in [0.2, 0.25) is 0 Å². The van der Waals surface area contributed by atoms with Gasteiger partial charge in [0.05, 0.1) is 12.6 Å². The summed E-state index contributed by atoms with van der Waals surface area (Å²) in [6.07, 6.45) is 2.61. The van der Waals surface area contributed by atoms with Crippen molar-refractivity contribution < 1.29 is 28.0 Å². The molecule has 0 aromatic carbocycles. The summed E-state index contributed by atoms with van der Waals surface area (Å²) in [6.45, 7) is 9.23. The van der Waals surface area contributed by atoms with Crippen LogP contribution in [0.3, 0.4) is 0 Å². The van der Waals surface area contributed by atoms with Gasteiger partial charge < -0.3 is 25.8 Å². The maximum Gasteiger partial charge on any atom is 0.318 e. The minimum atomic E-state index is -2.97. The fourth-order valence-corrected chi connectivity index (χ4v) is 7.32. The normalized spacial score (nSPS) is 31.9. The molecule has 41 heavy (non-hydrogen) atoms. The molecule has 0 aromatic rings. The lowest BCUT2D eigenvalue weighted by Crippen LogP contribution is -2.62. The minimum Gasteiger partial charge on any atom is -0.350 e. The summed E-state index contributed by atoms with van der Waals surface area (Å²) in [4.78, 5) is 55.8. The molecule has 3 heterocycles. The molecule has 0 aromatic heterocycles. The van der Waals surface area contributed by atoms with Gasteiger partial charge in [-0.15, -0.1) is 0 Å². The average Bonchev–Trinajstić information content (AvgIpc) is 3.59. The molecule has 0 radical (unpaired) electrons. The Morgan fingerprint density at radius 3 is 2.41 bits per heavy atom. The van der Waals surface area contributed by atoms with Crippen LogP contribution in [0.25, 0.3) is 0 Å². The summed E-state index contributed by atoms with van der Waals surface area (Å²) in [5.74, 6) is -4.35. The van der Waals surface area contributed by atoms with Crippen LogP contribution in [0.1, 0.15) is 73.1 Å². The summed E-state index contributed by atoms with van der Waals surface area (Å²) in [5.41, 5.74) is -1.08. The Morgan fingerprint density at radius 2 is 1.85 bits per heavy atom. The number of carbonyl (C=O) groups excluding carboxylic acids is 4. The number of alkyl halides is 2. The predicted molar refractivity (Wildman–Crippen MR) is 144 cm³/mol. The Hall–Kier alpha value is -2.97. The third-order valence-electron chi connectivity index (χ3n) is 10.1. The fraction of sp³-hybridized carbons (Fsp3) is 0.828. The zero-order valence-electron chi connectivity index (χ0n) is 24.6. The Balaban J connectivity index is 1.30. The Labute approximate surface area is 239 Å². The summed E-state index contributed by atoms with van der Waals surface area (Å²) in [7, 11) is 0. The van der Waals surface area contributed by atoms with Gasteiger partial charge in [0.15, 0.2) is 0 Å². The van der Waals surface area contributed by atoms with Crippen LogP contribution >= 0.6 is 0 Å². The number of likely N-dealkylation sites (tertiary alicyclic amines) is 2. The molecule has 226 valence electrons. The standard InChI is InChI=1S/C29H42F2N6O4/c1-26(2,3)21(34-25(41)36-10-6-7-29(30,31)15-36)24(40)37-14-18-19(27(18,4)5)20(37)23(39)33-17(13-32)11-16-12-28(8-9-28)35-22(16)38/h16-21H,6-12,14-15H2,1-5H3,(H,33,39)(H,34,41)(H,35,38). The number of nitrogens with one attached hydrogen (secondary N) is 3. The fourth-order valence-electron chi connectivity index (χ4n) is 7.32. The highest BCUT2D eigenvalue weighted by Crippen LogP contribution is 2.65. The molecule has 5 rings (SSSR count). The molecule has 6 unspecified atom stereocenters. The van der Waals surface area contributed by atoms with Crippen LogP contribution in [0, 0.1) is 39.9 Å². The Morgan fingerprint density at radius 1 is 1.17 bits per heavy atom. The van der Waals surface area contributed by atoms with E-state index in [1.807, 2.05) is 13.8 Å². The first-order valence-corrected chi connectivity index (χ1v) is 14.7. The SMILES string of the molecule is CC(C)(C)C(NC(=O)N1CCCC(F)(F)C1)C(=O)N1CC2C(C1C(=O)NC(C#N)CC1CC3(CC3)NC1=O)C2(C)C. The highest BCUT2D eigenvalue weighted by atomic mass is 19.3. The second-order valence-electron chi connectivity index (χ2n) is 14.6. The second-order valence-corrected chi connectivity index (χ2v) is 14.6. The number of rotatable bonds is 6. The maximum absolute atomic E-state index is 14.0. The van der Waals surface area contributed by atoms with Crippen LogP contribution < -0.4 is 16.0 Å². The van der Waals surface area contributed by atoms with Crippen molar-refractivity contribution in [2.45, 2.75) is 103 Å². The number of nitrogens with zero attached hydrogens (tertiary/aromatic N) is 3. The Kier molecular flexibility index (Phi) is 7.06. The van der Waals surface area contributed by atoms with Crippen LogP contribution in [-0.4, -0.2) is 82.8 Å². The maximum atomic E-state index is 14.0. The quantitative estimate of drug-likeness (QED) is 0.447. The third kappa shape index (κ3) is 5.61. The molecule has 6 atom stereocenters. The highest BCUT2D eigenvalue weighted by Gasteiger charge is 2.70. The summed E-state index contributed by atoms with van der Waals surface area (Å²) in [6, 6.07) is -1.38. The van der Waals surface area contributed by atoms with E-state index in [4.69, 9.17) is 0 Å². The van der Waals surface area contributed by atoms with Gasteiger partial charge in [0.25, 0.3) is 5.92 Å². The van der Waals surface area contributed by atoms with Crippen molar-refractivity contribution in [1.82, 2.24) is 25.8 Å². The zero-order chi connectivity index (χ0) is 30.1. The van der Waals surface area contributed by atoms with Crippen molar-refractivity contribution in [1.29, 1.82) is 5.26 Å². The molecule has 1 spiro atoms. The summed E-state index contributed by atoms with van der Waals surface area (Å²) in [5, 5.41) is 18.4.